The van der Waals surface area contributed by atoms with Gasteiger partial charge in [0.1, 0.15) is 12.6 Å². The molecular formula is C12H16FN3O4. The van der Waals surface area contributed by atoms with Gasteiger partial charge in [0.25, 0.3) is 0 Å². The van der Waals surface area contributed by atoms with Crippen molar-refractivity contribution in [1.29, 1.82) is 0 Å². The maximum Gasteiger partial charge on any atom is 0.325 e. The highest BCUT2D eigenvalue weighted by Crippen LogP contribution is 2.41. The van der Waals surface area contributed by atoms with Crippen molar-refractivity contribution in [3.63, 3.8) is 0 Å². The fraction of sp³-hybridized carbons (Fsp3) is 0.583. The van der Waals surface area contributed by atoms with E-state index in [9.17, 15) is 18.8 Å². The third-order valence-corrected chi connectivity index (χ3v) is 3.55. The molecule has 2 aliphatic heterocycles. The van der Waals surface area contributed by atoms with Gasteiger partial charge in [-0.05, 0) is 13.0 Å². The number of nitrogens with zero attached hydrogens (tertiary/aromatic N) is 1. The van der Waals surface area contributed by atoms with E-state index < -0.39 is 36.1 Å². The Labute approximate surface area is 114 Å². The van der Waals surface area contributed by atoms with Crippen LogP contribution in [-0.4, -0.2) is 47.7 Å². The SMILES string of the molecule is C[C@@]1(F)[C@H](C=O)[C@@H](CC=O)O[C@H]1N1C=CC(N)NC1=O. The Balaban J connectivity index is 2.27. The van der Waals surface area contributed by atoms with Gasteiger partial charge in [-0.3, -0.25) is 4.90 Å². The molecule has 1 saturated heterocycles. The first-order chi connectivity index (χ1) is 9.41. The van der Waals surface area contributed by atoms with Crippen LogP contribution >= 0.6 is 0 Å². The zero-order valence-electron chi connectivity index (χ0n) is 10.9. The molecule has 2 heterocycles. The molecular weight excluding hydrogens is 269 g/mol. The van der Waals surface area contributed by atoms with Gasteiger partial charge in [-0.25, -0.2) is 9.18 Å². The first kappa shape index (κ1) is 14.6. The summed E-state index contributed by atoms with van der Waals surface area (Å²) in [6.07, 6.45) is 0.818. The predicted molar refractivity (Wildman–Crippen MR) is 65.9 cm³/mol. The lowest BCUT2D eigenvalue weighted by Crippen LogP contribution is -2.57. The highest BCUT2D eigenvalue weighted by atomic mass is 19.1. The molecule has 20 heavy (non-hydrogen) atoms. The molecule has 0 radical (unpaired) electrons. The summed E-state index contributed by atoms with van der Waals surface area (Å²) >= 11 is 0. The number of nitrogens with two attached hydrogens (primary N) is 1. The van der Waals surface area contributed by atoms with Gasteiger partial charge in [0.05, 0.1) is 18.2 Å². The second-order valence-electron chi connectivity index (χ2n) is 4.97. The fourth-order valence-corrected chi connectivity index (χ4v) is 2.47. The van der Waals surface area contributed by atoms with Crippen LogP contribution in [0.25, 0.3) is 0 Å². The van der Waals surface area contributed by atoms with Gasteiger partial charge in [0.15, 0.2) is 11.9 Å². The van der Waals surface area contributed by atoms with Crippen LogP contribution in [-0.2, 0) is 14.3 Å². The van der Waals surface area contributed by atoms with E-state index in [1.807, 2.05) is 0 Å². The minimum Gasteiger partial charge on any atom is -0.350 e. The van der Waals surface area contributed by atoms with E-state index >= 15 is 0 Å². The number of ether oxygens (including phenoxy) is 1. The summed E-state index contributed by atoms with van der Waals surface area (Å²) in [6.45, 7) is 1.18. The summed E-state index contributed by atoms with van der Waals surface area (Å²) in [6, 6.07) is -0.620. The number of halogens is 1. The zero-order valence-corrected chi connectivity index (χ0v) is 10.9. The number of urea groups is 1. The number of carbonyl (C=O) groups is 3. The van der Waals surface area contributed by atoms with Gasteiger partial charge >= 0.3 is 6.03 Å². The highest BCUT2D eigenvalue weighted by Gasteiger charge is 2.57. The standard InChI is InChI=1S/C12H16FN3O4/c1-12(13)7(6-18)8(3-5-17)20-10(12)16-4-2-9(14)15-11(16)19/h2,4-10H,3,14H2,1H3,(H,15,19)/t7-,8-,9?,10-,12-/m1/s1. The number of hydrogen-bond acceptors (Lipinski definition) is 5. The summed E-state index contributed by atoms with van der Waals surface area (Å²) in [5, 5.41) is 2.40. The minimum atomic E-state index is -2.10. The molecule has 0 aromatic carbocycles. The first-order valence-electron chi connectivity index (χ1n) is 6.18. The molecule has 0 saturated carbocycles. The van der Waals surface area contributed by atoms with Gasteiger partial charge in [-0.1, -0.05) is 0 Å². The lowest BCUT2D eigenvalue weighted by Gasteiger charge is -2.34. The molecule has 3 N–H and O–H groups in total. The van der Waals surface area contributed by atoms with E-state index in [4.69, 9.17) is 10.5 Å². The molecule has 8 heteroatoms. The molecule has 2 amide bonds. The Hall–Kier alpha value is -1.80. The van der Waals surface area contributed by atoms with Crippen molar-refractivity contribution >= 4 is 18.6 Å². The van der Waals surface area contributed by atoms with E-state index in [0.717, 1.165) is 4.90 Å². The lowest BCUT2D eigenvalue weighted by atomic mass is 9.87. The first-order valence-corrected chi connectivity index (χ1v) is 6.18. The molecule has 1 fully saturated rings. The van der Waals surface area contributed by atoms with Crippen LogP contribution in [0.4, 0.5) is 9.18 Å². The number of aldehydes is 2. The minimum absolute atomic E-state index is 0.113. The van der Waals surface area contributed by atoms with E-state index in [0.29, 0.717) is 12.6 Å². The van der Waals surface area contributed by atoms with Gasteiger partial charge in [0.2, 0.25) is 0 Å². The Bertz CT molecular complexity index is 454. The topological polar surface area (TPSA) is 102 Å². The molecule has 5 atom stereocenters. The lowest BCUT2D eigenvalue weighted by molar-refractivity contribution is -0.116. The quantitative estimate of drug-likeness (QED) is 0.688. The van der Waals surface area contributed by atoms with Crippen LogP contribution in [0, 0.1) is 5.92 Å². The van der Waals surface area contributed by atoms with Crippen LogP contribution in [0.2, 0.25) is 0 Å². The van der Waals surface area contributed by atoms with Crippen LogP contribution in [0.1, 0.15) is 13.3 Å². The molecule has 2 rings (SSSR count). The van der Waals surface area contributed by atoms with Crippen LogP contribution in [0.15, 0.2) is 12.3 Å². The number of carbonyl (C=O) groups excluding carboxylic acids is 3. The van der Waals surface area contributed by atoms with Crippen molar-refractivity contribution in [1.82, 2.24) is 10.2 Å². The van der Waals surface area contributed by atoms with E-state index in [2.05, 4.69) is 5.32 Å². The Morgan fingerprint density at radius 2 is 2.30 bits per heavy atom. The van der Waals surface area contributed by atoms with Crippen molar-refractivity contribution in [2.45, 2.75) is 37.5 Å². The fourth-order valence-electron chi connectivity index (χ4n) is 2.47. The molecule has 0 bridgehead atoms. The monoisotopic (exact) mass is 285 g/mol. The third kappa shape index (κ3) is 2.32. The van der Waals surface area contributed by atoms with Gasteiger partial charge < -0.3 is 25.4 Å². The Morgan fingerprint density at radius 1 is 1.60 bits per heavy atom. The zero-order chi connectivity index (χ0) is 14.9. The van der Waals surface area contributed by atoms with E-state index in [1.54, 1.807) is 0 Å². The summed E-state index contributed by atoms with van der Waals surface area (Å²) in [4.78, 5) is 34.5. The maximum atomic E-state index is 14.8. The second-order valence-corrected chi connectivity index (χ2v) is 4.97. The van der Waals surface area contributed by atoms with Gasteiger partial charge in [-0.15, -0.1) is 0 Å². The number of hydrogen-bond donors (Lipinski definition) is 2. The van der Waals surface area contributed by atoms with Gasteiger partial charge in [-0.2, -0.15) is 0 Å². The number of nitrogens with one attached hydrogen (secondary N) is 1. The van der Waals surface area contributed by atoms with Crippen LogP contribution in [0.5, 0.6) is 0 Å². The summed E-state index contributed by atoms with van der Waals surface area (Å²) in [7, 11) is 0. The average Bonchev–Trinajstić information content (AvgIpc) is 2.61. The molecule has 2 aliphatic rings. The summed E-state index contributed by atoms with van der Waals surface area (Å²) in [5.41, 5.74) is 3.40. The van der Waals surface area contributed by atoms with Crippen LogP contribution in [0.3, 0.4) is 0 Å². The van der Waals surface area contributed by atoms with Crippen LogP contribution < -0.4 is 11.1 Å². The van der Waals surface area contributed by atoms with Crippen molar-refractivity contribution in [2.24, 2.45) is 11.7 Å². The van der Waals surface area contributed by atoms with E-state index in [-0.39, 0.29) is 6.42 Å². The third-order valence-electron chi connectivity index (χ3n) is 3.55. The second kappa shape index (κ2) is 5.29. The van der Waals surface area contributed by atoms with Crippen molar-refractivity contribution in [3.8, 4) is 0 Å². The average molecular weight is 285 g/mol. The van der Waals surface area contributed by atoms with Crippen molar-refractivity contribution in [3.05, 3.63) is 12.3 Å². The molecule has 0 spiro atoms. The smallest absolute Gasteiger partial charge is 0.325 e. The molecule has 0 aliphatic carbocycles. The largest absolute Gasteiger partial charge is 0.350 e. The summed E-state index contributed by atoms with van der Waals surface area (Å²) < 4.78 is 20.2. The molecule has 7 nitrogen and oxygen atoms in total. The van der Waals surface area contributed by atoms with E-state index in [1.165, 1.54) is 19.2 Å². The van der Waals surface area contributed by atoms with Crippen molar-refractivity contribution < 1.29 is 23.5 Å². The maximum absolute atomic E-state index is 14.8. The van der Waals surface area contributed by atoms with Crippen molar-refractivity contribution in [2.75, 3.05) is 0 Å². The Morgan fingerprint density at radius 3 is 2.85 bits per heavy atom. The molecule has 110 valence electrons. The highest BCUT2D eigenvalue weighted by molar-refractivity contribution is 5.77. The number of rotatable bonds is 4. The molecule has 0 aromatic heterocycles. The normalized spacial score (nSPS) is 40.5. The molecule has 1 unspecified atom stereocenters. The molecule has 0 aromatic rings. The number of alkyl halides is 1. The van der Waals surface area contributed by atoms with Gasteiger partial charge in [0, 0.05) is 12.6 Å². The summed E-state index contributed by atoms with van der Waals surface area (Å²) in [5.74, 6) is -1.12. The Kier molecular flexibility index (Phi) is 3.87. The number of amides is 2. The predicted octanol–water partition coefficient (Wildman–Crippen LogP) is -0.333.